The lowest BCUT2D eigenvalue weighted by atomic mass is 9.91. The Morgan fingerprint density at radius 3 is 2.74 bits per heavy atom. The van der Waals surface area contributed by atoms with Crippen molar-refractivity contribution in [2.45, 2.75) is 31.7 Å². The van der Waals surface area contributed by atoms with Crippen molar-refractivity contribution in [2.75, 3.05) is 6.54 Å². The summed E-state index contributed by atoms with van der Waals surface area (Å²) in [4.78, 5) is 4.44. The average Bonchev–Trinajstić information content (AvgIpc) is 2.91. The van der Waals surface area contributed by atoms with E-state index in [0.29, 0.717) is 11.7 Å². The van der Waals surface area contributed by atoms with Gasteiger partial charge in [0.2, 0.25) is 11.7 Å². The first-order chi connectivity index (χ1) is 9.17. The van der Waals surface area contributed by atoms with Gasteiger partial charge < -0.3 is 9.84 Å². The molecule has 0 bridgehead atoms. The number of hydrogen-bond donors (Lipinski definition) is 1. The number of piperidine rings is 1. The van der Waals surface area contributed by atoms with Crippen LogP contribution in [0.2, 0.25) is 0 Å². The highest BCUT2D eigenvalue weighted by Gasteiger charge is 2.34. The van der Waals surface area contributed by atoms with Crippen LogP contribution in [0, 0.1) is 5.82 Å². The van der Waals surface area contributed by atoms with Crippen molar-refractivity contribution in [3.8, 4) is 11.4 Å². The van der Waals surface area contributed by atoms with Gasteiger partial charge in [-0.25, -0.2) is 4.39 Å². The molecular formula is C14H16FN3O. The second kappa shape index (κ2) is 4.74. The smallest absolute Gasteiger partial charge is 0.246 e. The van der Waals surface area contributed by atoms with Gasteiger partial charge in [0, 0.05) is 5.56 Å². The molecule has 1 atom stereocenters. The number of nitrogens with zero attached hydrogens (tertiary/aromatic N) is 2. The first-order valence-corrected chi connectivity index (χ1v) is 6.52. The Bertz CT molecular complexity index is 558. The molecule has 0 spiro atoms. The van der Waals surface area contributed by atoms with Crippen molar-refractivity contribution >= 4 is 0 Å². The fourth-order valence-electron chi connectivity index (χ4n) is 2.40. The molecule has 2 aromatic rings. The van der Waals surface area contributed by atoms with Crippen LogP contribution in [0.25, 0.3) is 11.4 Å². The largest absolute Gasteiger partial charge is 0.337 e. The lowest BCUT2D eigenvalue weighted by Gasteiger charge is -2.31. The van der Waals surface area contributed by atoms with Gasteiger partial charge in [-0.3, -0.25) is 0 Å². The van der Waals surface area contributed by atoms with Crippen LogP contribution in [-0.4, -0.2) is 16.7 Å². The summed E-state index contributed by atoms with van der Waals surface area (Å²) in [6, 6.07) is 6.10. The molecule has 1 N–H and O–H groups in total. The van der Waals surface area contributed by atoms with E-state index in [9.17, 15) is 4.39 Å². The van der Waals surface area contributed by atoms with E-state index in [2.05, 4.69) is 22.4 Å². The Kier molecular flexibility index (Phi) is 3.06. The summed E-state index contributed by atoms with van der Waals surface area (Å²) < 4.78 is 18.3. The van der Waals surface area contributed by atoms with Crippen LogP contribution < -0.4 is 5.32 Å². The third-order valence-electron chi connectivity index (χ3n) is 3.62. The molecule has 0 radical (unpaired) electrons. The van der Waals surface area contributed by atoms with E-state index >= 15 is 0 Å². The molecule has 0 aliphatic carbocycles. The molecule has 1 aromatic carbocycles. The fourth-order valence-corrected chi connectivity index (χ4v) is 2.40. The van der Waals surface area contributed by atoms with Crippen LogP contribution in [0.1, 0.15) is 32.1 Å². The van der Waals surface area contributed by atoms with Crippen molar-refractivity contribution in [3.05, 3.63) is 36.0 Å². The molecule has 1 fully saturated rings. The average molecular weight is 261 g/mol. The monoisotopic (exact) mass is 261 g/mol. The topological polar surface area (TPSA) is 51.0 Å². The van der Waals surface area contributed by atoms with Gasteiger partial charge in [0.15, 0.2) is 0 Å². The van der Waals surface area contributed by atoms with Crippen molar-refractivity contribution in [1.82, 2.24) is 15.5 Å². The van der Waals surface area contributed by atoms with Gasteiger partial charge in [-0.05, 0) is 57.0 Å². The van der Waals surface area contributed by atoms with Crippen LogP contribution in [0.15, 0.2) is 28.8 Å². The molecule has 1 saturated heterocycles. The molecule has 1 unspecified atom stereocenters. The minimum absolute atomic E-state index is 0.246. The van der Waals surface area contributed by atoms with Crippen LogP contribution >= 0.6 is 0 Å². The third kappa shape index (κ3) is 2.38. The highest BCUT2D eigenvalue weighted by atomic mass is 19.1. The molecule has 3 rings (SSSR count). The SMILES string of the molecule is CC1(c2nc(-c3ccc(F)cc3)no2)CCCCN1. The number of rotatable bonds is 2. The molecule has 1 aromatic heterocycles. The number of nitrogens with one attached hydrogen (secondary N) is 1. The zero-order valence-corrected chi connectivity index (χ0v) is 10.8. The van der Waals surface area contributed by atoms with E-state index in [1.165, 1.54) is 18.6 Å². The maximum Gasteiger partial charge on any atom is 0.246 e. The lowest BCUT2D eigenvalue weighted by Crippen LogP contribution is -2.43. The molecule has 4 nitrogen and oxygen atoms in total. The van der Waals surface area contributed by atoms with E-state index in [-0.39, 0.29) is 11.4 Å². The Hall–Kier alpha value is -1.75. The Labute approximate surface area is 111 Å². The quantitative estimate of drug-likeness (QED) is 0.903. The number of benzene rings is 1. The molecule has 1 aliphatic heterocycles. The fraction of sp³-hybridized carbons (Fsp3) is 0.429. The second-order valence-electron chi connectivity index (χ2n) is 5.15. The molecule has 0 saturated carbocycles. The maximum absolute atomic E-state index is 12.9. The second-order valence-corrected chi connectivity index (χ2v) is 5.15. The Balaban J connectivity index is 1.88. The predicted octanol–water partition coefficient (Wildman–Crippen LogP) is 2.86. The molecule has 100 valence electrons. The predicted molar refractivity (Wildman–Crippen MR) is 68.9 cm³/mol. The van der Waals surface area contributed by atoms with E-state index < -0.39 is 0 Å². The highest BCUT2D eigenvalue weighted by molar-refractivity contribution is 5.53. The number of aromatic nitrogens is 2. The molecule has 5 heteroatoms. The van der Waals surface area contributed by atoms with Gasteiger partial charge in [0.25, 0.3) is 0 Å². The number of hydrogen-bond acceptors (Lipinski definition) is 4. The summed E-state index contributed by atoms with van der Waals surface area (Å²) in [5.74, 6) is 0.837. The van der Waals surface area contributed by atoms with Gasteiger partial charge in [-0.2, -0.15) is 4.98 Å². The summed E-state index contributed by atoms with van der Waals surface area (Å²) in [5, 5.41) is 7.42. The van der Waals surface area contributed by atoms with Crippen LogP contribution in [-0.2, 0) is 5.54 Å². The molecular weight excluding hydrogens is 245 g/mol. The van der Waals surface area contributed by atoms with E-state index in [0.717, 1.165) is 24.9 Å². The zero-order chi connectivity index (χ0) is 13.3. The van der Waals surface area contributed by atoms with Crippen molar-refractivity contribution in [2.24, 2.45) is 0 Å². The molecule has 19 heavy (non-hydrogen) atoms. The van der Waals surface area contributed by atoms with Crippen LogP contribution in [0.3, 0.4) is 0 Å². The summed E-state index contributed by atoms with van der Waals surface area (Å²) >= 11 is 0. The molecule has 2 heterocycles. The van der Waals surface area contributed by atoms with Gasteiger partial charge in [-0.1, -0.05) is 5.16 Å². The summed E-state index contributed by atoms with van der Waals surface area (Å²) in [6.45, 7) is 3.04. The highest BCUT2D eigenvalue weighted by Crippen LogP contribution is 2.29. The lowest BCUT2D eigenvalue weighted by molar-refractivity contribution is 0.207. The van der Waals surface area contributed by atoms with E-state index in [4.69, 9.17) is 4.52 Å². The van der Waals surface area contributed by atoms with Crippen molar-refractivity contribution < 1.29 is 8.91 Å². The standard InChI is InChI=1S/C14H16FN3O/c1-14(8-2-3-9-16-14)13-17-12(18-19-13)10-4-6-11(15)7-5-10/h4-7,16H,2-3,8-9H2,1H3. The number of halogens is 1. The first kappa shape index (κ1) is 12.3. The summed E-state index contributed by atoms with van der Waals surface area (Å²) in [5.41, 5.74) is 0.514. The zero-order valence-electron chi connectivity index (χ0n) is 10.8. The van der Waals surface area contributed by atoms with Gasteiger partial charge in [0.05, 0.1) is 5.54 Å². The van der Waals surface area contributed by atoms with Crippen molar-refractivity contribution in [3.63, 3.8) is 0 Å². The van der Waals surface area contributed by atoms with E-state index in [1.54, 1.807) is 12.1 Å². The summed E-state index contributed by atoms with van der Waals surface area (Å²) in [7, 11) is 0. The Morgan fingerprint density at radius 1 is 1.26 bits per heavy atom. The third-order valence-corrected chi connectivity index (χ3v) is 3.62. The van der Waals surface area contributed by atoms with Gasteiger partial charge in [0.1, 0.15) is 5.82 Å². The van der Waals surface area contributed by atoms with Crippen molar-refractivity contribution in [1.29, 1.82) is 0 Å². The van der Waals surface area contributed by atoms with Gasteiger partial charge in [-0.15, -0.1) is 0 Å². The molecule has 1 aliphatic rings. The first-order valence-electron chi connectivity index (χ1n) is 6.52. The maximum atomic E-state index is 12.9. The normalized spacial score (nSPS) is 23.5. The van der Waals surface area contributed by atoms with Gasteiger partial charge >= 0.3 is 0 Å². The van der Waals surface area contributed by atoms with Crippen LogP contribution in [0.5, 0.6) is 0 Å². The minimum Gasteiger partial charge on any atom is -0.337 e. The van der Waals surface area contributed by atoms with Crippen LogP contribution in [0.4, 0.5) is 4.39 Å². The minimum atomic E-state index is -0.270. The van der Waals surface area contributed by atoms with E-state index in [1.807, 2.05) is 0 Å². The Morgan fingerprint density at radius 2 is 2.05 bits per heavy atom. The summed E-state index contributed by atoms with van der Waals surface area (Å²) in [6.07, 6.45) is 3.31. The molecule has 0 amide bonds.